The smallest absolute Gasteiger partial charge is 0.333 e. The first kappa shape index (κ1) is 42.4. The third-order valence-corrected chi connectivity index (χ3v) is 16.0. The third-order valence-electron chi connectivity index (χ3n) is 16.0. The average molecular weight is 857 g/mol. The van der Waals surface area contributed by atoms with Crippen LogP contribution in [0.25, 0.3) is 54.9 Å². The molecule has 0 spiro atoms. The van der Waals surface area contributed by atoms with Crippen LogP contribution < -0.4 is 15.8 Å². The lowest BCUT2D eigenvalue weighted by atomic mass is 9.44. The number of hydrogen-bond donors (Lipinski definition) is 0. The minimum atomic E-state index is -0.0759. The highest BCUT2D eigenvalue weighted by atomic mass is 16.3. The van der Waals surface area contributed by atoms with Gasteiger partial charge in [0.25, 0.3) is 0 Å². The van der Waals surface area contributed by atoms with E-state index in [1.807, 2.05) is 0 Å². The monoisotopic (exact) mass is 857 g/mol. The van der Waals surface area contributed by atoms with Gasteiger partial charge in [-0.1, -0.05) is 141 Å². The fourth-order valence-corrected chi connectivity index (χ4v) is 11.8. The van der Waals surface area contributed by atoms with Gasteiger partial charge in [0.15, 0.2) is 0 Å². The van der Waals surface area contributed by atoms with Crippen LogP contribution in [0.15, 0.2) is 89.3 Å². The summed E-state index contributed by atoms with van der Waals surface area (Å²) in [5.74, 6) is 0. The van der Waals surface area contributed by atoms with Crippen molar-refractivity contribution in [2.45, 2.75) is 163 Å². The number of aryl methyl sites for hydroxylation is 1. The second-order valence-corrected chi connectivity index (χ2v) is 25.9. The predicted molar refractivity (Wildman–Crippen MR) is 282 cm³/mol. The highest BCUT2D eigenvalue weighted by molar-refractivity contribution is 6.90. The van der Waals surface area contributed by atoms with Gasteiger partial charge in [-0.25, -0.2) is 0 Å². The van der Waals surface area contributed by atoms with Crippen molar-refractivity contribution in [1.29, 1.82) is 0 Å². The zero-order valence-corrected chi connectivity index (χ0v) is 42.4. The van der Waals surface area contributed by atoms with Gasteiger partial charge in [-0.15, -0.1) is 0 Å². The first-order valence-corrected chi connectivity index (χ1v) is 24.4. The van der Waals surface area contributed by atoms with Gasteiger partial charge in [-0.05, 0) is 157 Å². The van der Waals surface area contributed by atoms with E-state index < -0.39 is 0 Å². The van der Waals surface area contributed by atoms with Crippen molar-refractivity contribution in [1.82, 2.24) is 4.48 Å². The lowest BCUT2D eigenvalue weighted by molar-refractivity contribution is 0.332. The van der Waals surface area contributed by atoms with E-state index >= 15 is 0 Å². The minimum Gasteiger partial charge on any atom is -0.456 e. The molecule has 0 bridgehead atoms. The van der Waals surface area contributed by atoms with Crippen LogP contribution in [0, 0.1) is 6.92 Å². The normalized spacial score (nSPS) is 16.8. The Balaban J connectivity index is 1.40. The van der Waals surface area contributed by atoms with Crippen LogP contribution >= 0.6 is 0 Å². The maximum atomic E-state index is 7.11. The lowest BCUT2D eigenvalue weighted by Crippen LogP contribution is -2.57. The molecule has 0 unspecified atom stereocenters. The summed E-state index contributed by atoms with van der Waals surface area (Å²) in [6.07, 6.45) is 2.32. The molecule has 3 nitrogen and oxygen atoms in total. The fraction of sp³-hybridized carbons (Fsp3) is 0.410. The van der Waals surface area contributed by atoms with Gasteiger partial charge in [0, 0.05) is 61.3 Å². The Labute approximate surface area is 388 Å². The first-order chi connectivity index (χ1) is 30.1. The van der Waals surface area contributed by atoms with Crippen LogP contribution in [-0.2, 0) is 32.5 Å². The third kappa shape index (κ3) is 6.13. The second kappa shape index (κ2) is 13.0. The number of hydrogen-bond acceptors (Lipinski definition) is 2. The molecule has 0 amide bonds. The molecule has 1 aliphatic carbocycles. The summed E-state index contributed by atoms with van der Waals surface area (Å²) < 4.78 is 9.89. The molecule has 0 atom stereocenters. The van der Waals surface area contributed by atoms with Crippen molar-refractivity contribution in [2.24, 2.45) is 0 Å². The summed E-state index contributed by atoms with van der Waals surface area (Å²) in [7, 11) is 0. The van der Waals surface area contributed by atoms with Gasteiger partial charge in [-0.2, -0.15) is 0 Å². The number of anilines is 3. The Morgan fingerprint density at radius 3 is 1.74 bits per heavy atom. The standard InChI is InChI=1S/C61H69BN2O/c1-34-18-21-50-42(24-34)52-51(65-50)33-49-54-53(52)43-30-38(59(11,12)13)29-41-40-28-35(56(2,3)4)19-20-47(40)64(55(41)43)62(54)46-31-44-45(61(16,17)23-22-60(44,14)15)32-48(46)63(49)39-26-36(57(5,6)7)25-37(27-39)58(8,9)10/h18-21,24-33H,22-23H2,1-17H3. The molecular weight excluding hydrogens is 787 g/mol. The number of furan rings is 1. The minimum absolute atomic E-state index is 0.00597. The summed E-state index contributed by atoms with van der Waals surface area (Å²) in [6, 6.07) is 34.4. The summed E-state index contributed by atoms with van der Waals surface area (Å²) in [4.78, 5) is 2.67. The summed E-state index contributed by atoms with van der Waals surface area (Å²) in [5.41, 5.74) is 23.2. The van der Waals surface area contributed by atoms with E-state index in [1.54, 1.807) is 0 Å². The molecule has 65 heavy (non-hydrogen) atoms. The number of benzene rings is 6. The molecule has 0 saturated carbocycles. The number of fused-ring (bicyclic) bond motifs is 12. The summed E-state index contributed by atoms with van der Waals surface area (Å²) in [6.45, 7) is 40.4. The summed E-state index contributed by atoms with van der Waals surface area (Å²) in [5, 5.41) is 5.11. The quantitative estimate of drug-likeness (QED) is 0.153. The Kier molecular flexibility index (Phi) is 8.50. The van der Waals surface area contributed by atoms with Gasteiger partial charge in [0.1, 0.15) is 11.2 Å². The molecule has 0 radical (unpaired) electrons. The van der Waals surface area contributed by atoms with E-state index in [0.29, 0.717) is 0 Å². The van der Waals surface area contributed by atoms with Crippen molar-refractivity contribution in [2.75, 3.05) is 4.90 Å². The number of nitrogens with zero attached hydrogens (tertiary/aromatic N) is 2. The van der Waals surface area contributed by atoms with E-state index in [2.05, 4.69) is 212 Å². The highest BCUT2D eigenvalue weighted by Gasteiger charge is 2.47. The molecule has 2 aromatic heterocycles. The van der Waals surface area contributed by atoms with Crippen molar-refractivity contribution in [3.05, 3.63) is 124 Å². The lowest BCUT2D eigenvalue weighted by Gasteiger charge is -2.46. The van der Waals surface area contributed by atoms with Gasteiger partial charge >= 0.3 is 6.85 Å². The van der Waals surface area contributed by atoms with Crippen LogP contribution in [0.2, 0.25) is 0 Å². The van der Waals surface area contributed by atoms with Gasteiger partial charge in [0.2, 0.25) is 0 Å². The van der Waals surface area contributed by atoms with Crippen molar-refractivity contribution in [3.63, 3.8) is 0 Å². The number of aromatic nitrogens is 1. The molecule has 4 heteroatoms. The van der Waals surface area contributed by atoms with Crippen molar-refractivity contribution >= 4 is 78.6 Å². The van der Waals surface area contributed by atoms with Crippen LogP contribution in [0.1, 0.15) is 163 Å². The van der Waals surface area contributed by atoms with Crippen LogP contribution in [0.5, 0.6) is 0 Å². The van der Waals surface area contributed by atoms with E-state index in [-0.39, 0.29) is 39.3 Å². The Hall–Kier alpha value is -5.22. The molecule has 4 heterocycles. The molecule has 332 valence electrons. The molecule has 0 saturated heterocycles. The number of rotatable bonds is 1. The van der Waals surface area contributed by atoms with E-state index in [9.17, 15) is 0 Å². The zero-order chi connectivity index (χ0) is 46.5. The van der Waals surface area contributed by atoms with Crippen LogP contribution in [0.3, 0.4) is 0 Å². The second-order valence-electron chi connectivity index (χ2n) is 25.9. The van der Waals surface area contributed by atoms with Crippen molar-refractivity contribution in [3.8, 4) is 11.1 Å². The van der Waals surface area contributed by atoms with Crippen LogP contribution in [0.4, 0.5) is 17.1 Å². The molecule has 8 aromatic rings. The molecule has 0 N–H and O–H groups in total. The topological polar surface area (TPSA) is 21.3 Å². The average Bonchev–Trinajstić information content (AvgIpc) is 3.73. The zero-order valence-electron chi connectivity index (χ0n) is 42.4. The van der Waals surface area contributed by atoms with Gasteiger partial charge in [-0.3, -0.25) is 0 Å². The Morgan fingerprint density at radius 2 is 1.12 bits per heavy atom. The van der Waals surface area contributed by atoms with Gasteiger partial charge in [0.05, 0.1) is 0 Å². The molecule has 3 aliphatic rings. The predicted octanol–water partition coefficient (Wildman–Crippen LogP) is 16.0. The molecule has 2 aliphatic heterocycles. The van der Waals surface area contributed by atoms with E-state index in [1.165, 1.54) is 111 Å². The summed E-state index contributed by atoms with van der Waals surface area (Å²) >= 11 is 0. The first-order valence-electron chi connectivity index (χ1n) is 24.4. The van der Waals surface area contributed by atoms with Gasteiger partial charge < -0.3 is 13.8 Å². The Bertz CT molecular complexity index is 3340. The van der Waals surface area contributed by atoms with E-state index in [4.69, 9.17) is 4.42 Å². The van der Waals surface area contributed by atoms with Crippen LogP contribution in [-0.4, -0.2) is 11.3 Å². The Morgan fingerprint density at radius 1 is 0.538 bits per heavy atom. The molecular formula is C61H69BN2O. The largest absolute Gasteiger partial charge is 0.456 e. The molecule has 0 fully saturated rings. The molecule has 6 aromatic carbocycles. The maximum Gasteiger partial charge on any atom is 0.333 e. The van der Waals surface area contributed by atoms with E-state index in [0.717, 1.165) is 24.0 Å². The highest BCUT2D eigenvalue weighted by Crippen LogP contribution is 2.54. The molecule has 11 rings (SSSR count). The SMILES string of the molecule is Cc1ccc2oc3cc4c5c(c3c2c1)-c1cc(C(C)(C)C)cc2c3cc(C(C)(C)C)ccc3n(c12)B5c1cc2c(cc1N4c1cc(C(C)(C)C)cc(C(C)(C)C)c1)C(C)(C)CCC2(C)C. The fourth-order valence-electron chi connectivity index (χ4n) is 11.8. The van der Waals surface area contributed by atoms with Crippen molar-refractivity contribution < 1.29 is 4.42 Å². The maximum absolute atomic E-state index is 7.11.